The monoisotopic (exact) mass is 140 g/mol. The van der Waals surface area contributed by atoms with Crippen LogP contribution in [0.25, 0.3) is 0 Å². The van der Waals surface area contributed by atoms with E-state index in [9.17, 15) is 0 Å². The summed E-state index contributed by atoms with van der Waals surface area (Å²) < 4.78 is 5.10. The van der Waals surface area contributed by atoms with E-state index in [0.29, 0.717) is 6.54 Å². The van der Waals surface area contributed by atoms with Crippen LogP contribution < -0.4 is 5.73 Å². The number of methoxy groups -OCH3 is 1. The first-order valence-corrected chi connectivity index (χ1v) is 3.24. The number of hydrogen-bond donors (Lipinski definition) is 2. The van der Waals surface area contributed by atoms with Crippen LogP contribution in [0.5, 0.6) is 0 Å². The molecule has 3 heteroatoms. The molecule has 0 aliphatic carbocycles. The Balaban J connectivity index is 2.64. The van der Waals surface area contributed by atoms with E-state index in [0.717, 1.165) is 5.56 Å². The van der Waals surface area contributed by atoms with Gasteiger partial charge in [-0.1, -0.05) is 0 Å². The molecule has 1 aromatic heterocycles. The maximum absolute atomic E-state index is 5.44. The van der Waals surface area contributed by atoms with Gasteiger partial charge in [-0.3, -0.25) is 0 Å². The Bertz CT molecular complexity index is 168. The number of rotatable bonds is 3. The molecule has 0 amide bonds. The standard InChI is InChI=1S/C7H12N2O/c1-10-7(4-8)6-2-3-9-5-6/h2-3,5,7,9H,4,8H2,1H3. The zero-order valence-corrected chi connectivity index (χ0v) is 6.00. The van der Waals surface area contributed by atoms with E-state index in [2.05, 4.69) is 4.98 Å². The van der Waals surface area contributed by atoms with Gasteiger partial charge in [-0.25, -0.2) is 0 Å². The Morgan fingerprint density at radius 1 is 1.80 bits per heavy atom. The predicted molar refractivity (Wildman–Crippen MR) is 39.6 cm³/mol. The Hall–Kier alpha value is -0.800. The van der Waals surface area contributed by atoms with Gasteiger partial charge in [0.2, 0.25) is 0 Å². The van der Waals surface area contributed by atoms with Crippen LogP contribution in [-0.2, 0) is 4.74 Å². The van der Waals surface area contributed by atoms with Gasteiger partial charge >= 0.3 is 0 Å². The summed E-state index contributed by atoms with van der Waals surface area (Å²) in [5, 5.41) is 0. The van der Waals surface area contributed by atoms with Crippen LogP contribution in [-0.4, -0.2) is 18.6 Å². The van der Waals surface area contributed by atoms with Crippen molar-refractivity contribution in [1.29, 1.82) is 0 Å². The number of aromatic nitrogens is 1. The molecule has 1 atom stereocenters. The zero-order valence-electron chi connectivity index (χ0n) is 6.00. The zero-order chi connectivity index (χ0) is 7.40. The minimum atomic E-state index is 0.0336. The number of nitrogens with one attached hydrogen (secondary N) is 1. The molecule has 0 saturated heterocycles. The summed E-state index contributed by atoms with van der Waals surface area (Å²) in [7, 11) is 1.66. The Morgan fingerprint density at radius 3 is 3.00 bits per heavy atom. The van der Waals surface area contributed by atoms with Gasteiger partial charge in [0.1, 0.15) is 0 Å². The van der Waals surface area contributed by atoms with Crippen LogP contribution in [0, 0.1) is 0 Å². The lowest BCUT2D eigenvalue weighted by Gasteiger charge is -2.09. The first kappa shape index (κ1) is 7.31. The number of hydrogen-bond acceptors (Lipinski definition) is 2. The highest BCUT2D eigenvalue weighted by molar-refractivity contribution is 5.12. The molecule has 0 aliphatic rings. The molecular weight excluding hydrogens is 128 g/mol. The Morgan fingerprint density at radius 2 is 2.60 bits per heavy atom. The molecule has 10 heavy (non-hydrogen) atoms. The maximum atomic E-state index is 5.44. The SMILES string of the molecule is COC(CN)c1cc[nH]c1. The highest BCUT2D eigenvalue weighted by Crippen LogP contribution is 2.12. The smallest absolute Gasteiger partial charge is 0.0957 e. The van der Waals surface area contributed by atoms with Gasteiger partial charge in [0.05, 0.1) is 6.10 Å². The fourth-order valence-corrected chi connectivity index (χ4v) is 0.905. The van der Waals surface area contributed by atoms with E-state index in [4.69, 9.17) is 10.5 Å². The number of aromatic amines is 1. The molecule has 0 aliphatic heterocycles. The molecule has 1 rings (SSSR count). The molecule has 0 aromatic carbocycles. The van der Waals surface area contributed by atoms with Crippen molar-refractivity contribution in [1.82, 2.24) is 4.98 Å². The second-order valence-corrected chi connectivity index (χ2v) is 2.10. The van der Waals surface area contributed by atoms with Crippen LogP contribution in [0.1, 0.15) is 11.7 Å². The third-order valence-corrected chi connectivity index (χ3v) is 1.49. The van der Waals surface area contributed by atoms with Crippen molar-refractivity contribution < 1.29 is 4.74 Å². The van der Waals surface area contributed by atoms with Gasteiger partial charge < -0.3 is 15.5 Å². The van der Waals surface area contributed by atoms with E-state index < -0.39 is 0 Å². The Labute approximate surface area is 60.2 Å². The summed E-state index contributed by atoms with van der Waals surface area (Å²) in [5.41, 5.74) is 6.54. The van der Waals surface area contributed by atoms with Gasteiger partial charge in [-0.15, -0.1) is 0 Å². The number of H-pyrrole nitrogens is 1. The van der Waals surface area contributed by atoms with Gasteiger partial charge in [0, 0.05) is 26.0 Å². The largest absolute Gasteiger partial charge is 0.375 e. The second kappa shape index (κ2) is 3.39. The molecular formula is C7H12N2O. The van der Waals surface area contributed by atoms with Crippen molar-refractivity contribution in [2.24, 2.45) is 5.73 Å². The van der Waals surface area contributed by atoms with E-state index in [1.807, 2.05) is 18.5 Å². The van der Waals surface area contributed by atoms with Crippen molar-refractivity contribution in [3.8, 4) is 0 Å². The average molecular weight is 140 g/mol. The average Bonchev–Trinajstić information content (AvgIpc) is 2.43. The topological polar surface area (TPSA) is 51.0 Å². The van der Waals surface area contributed by atoms with Gasteiger partial charge in [0.25, 0.3) is 0 Å². The van der Waals surface area contributed by atoms with Crippen molar-refractivity contribution in [3.63, 3.8) is 0 Å². The Kier molecular flexibility index (Phi) is 2.48. The molecule has 3 nitrogen and oxygen atoms in total. The van der Waals surface area contributed by atoms with Crippen LogP contribution in [0.2, 0.25) is 0 Å². The van der Waals surface area contributed by atoms with E-state index >= 15 is 0 Å². The van der Waals surface area contributed by atoms with Crippen molar-refractivity contribution >= 4 is 0 Å². The third kappa shape index (κ3) is 1.37. The molecule has 0 bridgehead atoms. The predicted octanol–water partition coefficient (Wildman–Crippen LogP) is 0.661. The van der Waals surface area contributed by atoms with Gasteiger partial charge in [0.15, 0.2) is 0 Å². The molecule has 1 aromatic rings. The van der Waals surface area contributed by atoms with Crippen molar-refractivity contribution in [2.45, 2.75) is 6.10 Å². The van der Waals surface area contributed by atoms with Crippen LogP contribution in [0.15, 0.2) is 18.5 Å². The molecule has 0 spiro atoms. The van der Waals surface area contributed by atoms with E-state index in [-0.39, 0.29) is 6.10 Å². The summed E-state index contributed by atoms with van der Waals surface area (Å²) >= 11 is 0. The van der Waals surface area contributed by atoms with Gasteiger partial charge in [-0.05, 0) is 11.6 Å². The van der Waals surface area contributed by atoms with Crippen molar-refractivity contribution in [2.75, 3.05) is 13.7 Å². The summed E-state index contributed by atoms with van der Waals surface area (Å²) in [6.07, 6.45) is 3.78. The normalized spacial score (nSPS) is 13.4. The number of ether oxygens (including phenoxy) is 1. The minimum absolute atomic E-state index is 0.0336. The molecule has 56 valence electrons. The van der Waals surface area contributed by atoms with Crippen LogP contribution in [0.3, 0.4) is 0 Å². The lowest BCUT2D eigenvalue weighted by Crippen LogP contribution is -2.13. The molecule has 0 radical (unpaired) electrons. The molecule has 1 unspecified atom stereocenters. The van der Waals surface area contributed by atoms with E-state index in [1.165, 1.54) is 0 Å². The maximum Gasteiger partial charge on any atom is 0.0957 e. The third-order valence-electron chi connectivity index (χ3n) is 1.49. The van der Waals surface area contributed by atoms with Crippen molar-refractivity contribution in [3.05, 3.63) is 24.0 Å². The lowest BCUT2D eigenvalue weighted by molar-refractivity contribution is 0.110. The van der Waals surface area contributed by atoms with Crippen LogP contribution >= 0.6 is 0 Å². The fourth-order valence-electron chi connectivity index (χ4n) is 0.905. The van der Waals surface area contributed by atoms with Gasteiger partial charge in [-0.2, -0.15) is 0 Å². The molecule has 0 saturated carbocycles. The minimum Gasteiger partial charge on any atom is -0.375 e. The first-order valence-electron chi connectivity index (χ1n) is 3.24. The summed E-state index contributed by atoms with van der Waals surface area (Å²) in [6.45, 7) is 0.522. The van der Waals surface area contributed by atoms with E-state index in [1.54, 1.807) is 7.11 Å². The number of nitrogens with two attached hydrogens (primary N) is 1. The molecule has 0 fully saturated rings. The highest BCUT2D eigenvalue weighted by Gasteiger charge is 2.06. The highest BCUT2D eigenvalue weighted by atomic mass is 16.5. The molecule has 3 N–H and O–H groups in total. The first-order chi connectivity index (χ1) is 4.88. The van der Waals surface area contributed by atoms with Crippen LogP contribution in [0.4, 0.5) is 0 Å². The molecule has 1 heterocycles. The summed E-state index contributed by atoms with van der Waals surface area (Å²) in [5.74, 6) is 0. The lowest BCUT2D eigenvalue weighted by atomic mass is 10.2. The quantitative estimate of drug-likeness (QED) is 0.648. The second-order valence-electron chi connectivity index (χ2n) is 2.10. The summed E-state index contributed by atoms with van der Waals surface area (Å²) in [4.78, 5) is 2.94. The fraction of sp³-hybridized carbons (Fsp3) is 0.429. The summed E-state index contributed by atoms with van der Waals surface area (Å²) in [6, 6.07) is 1.96.